The maximum atomic E-state index is 13.5. The van der Waals surface area contributed by atoms with Crippen LogP contribution < -0.4 is 0 Å². The van der Waals surface area contributed by atoms with Gasteiger partial charge in [-0.3, -0.25) is 0 Å². The Labute approximate surface area is 102 Å². The number of aromatic amines is 1. The SMILES string of the molecule is Fc1ccc(Cl)cc1-c1cnc(CCCl)[nH]1. The molecule has 0 radical (unpaired) electrons. The number of imidazole rings is 1. The third-order valence-corrected chi connectivity index (χ3v) is 2.60. The second kappa shape index (κ2) is 4.85. The summed E-state index contributed by atoms with van der Waals surface area (Å²) in [5.41, 5.74) is 1.03. The molecular formula is C11H9Cl2FN2. The molecule has 1 heterocycles. The molecule has 0 aliphatic heterocycles. The molecular weight excluding hydrogens is 250 g/mol. The number of H-pyrrole nitrogens is 1. The number of aryl methyl sites for hydroxylation is 1. The standard InChI is InChI=1S/C11H9Cl2FN2/c12-4-3-11-15-6-10(16-11)8-5-7(13)1-2-9(8)14/h1-2,5-6H,3-4H2,(H,15,16). The van der Waals surface area contributed by atoms with Gasteiger partial charge in [0.15, 0.2) is 0 Å². The van der Waals surface area contributed by atoms with Crippen molar-refractivity contribution in [1.29, 1.82) is 0 Å². The van der Waals surface area contributed by atoms with Gasteiger partial charge in [-0.25, -0.2) is 9.37 Å². The van der Waals surface area contributed by atoms with E-state index < -0.39 is 0 Å². The average Bonchev–Trinajstić information content (AvgIpc) is 2.71. The van der Waals surface area contributed by atoms with Crippen LogP contribution in [0, 0.1) is 5.82 Å². The van der Waals surface area contributed by atoms with Crippen LogP contribution in [0.15, 0.2) is 24.4 Å². The van der Waals surface area contributed by atoms with Gasteiger partial charge in [-0.05, 0) is 18.2 Å². The minimum Gasteiger partial charge on any atom is -0.342 e. The number of hydrogen-bond acceptors (Lipinski definition) is 1. The Morgan fingerprint density at radius 1 is 1.38 bits per heavy atom. The van der Waals surface area contributed by atoms with Crippen molar-refractivity contribution < 1.29 is 4.39 Å². The number of aromatic nitrogens is 2. The lowest BCUT2D eigenvalue weighted by atomic mass is 10.1. The molecule has 0 bridgehead atoms. The molecule has 0 saturated heterocycles. The smallest absolute Gasteiger partial charge is 0.132 e. The number of nitrogens with one attached hydrogen (secondary N) is 1. The largest absolute Gasteiger partial charge is 0.342 e. The first-order valence-corrected chi connectivity index (χ1v) is 5.67. The summed E-state index contributed by atoms with van der Waals surface area (Å²) in [5, 5.41) is 0.491. The van der Waals surface area contributed by atoms with Crippen LogP contribution in [0.3, 0.4) is 0 Å². The summed E-state index contributed by atoms with van der Waals surface area (Å²) >= 11 is 11.4. The van der Waals surface area contributed by atoms with E-state index >= 15 is 0 Å². The molecule has 0 saturated carbocycles. The highest BCUT2D eigenvalue weighted by molar-refractivity contribution is 6.30. The maximum absolute atomic E-state index is 13.5. The van der Waals surface area contributed by atoms with Gasteiger partial charge in [0.05, 0.1) is 11.9 Å². The van der Waals surface area contributed by atoms with Crippen molar-refractivity contribution in [3.05, 3.63) is 41.1 Å². The van der Waals surface area contributed by atoms with E-state index in [0.29, 0.717) is 28.6 Å². The minimum absolute atomic E-state index is 0.328. The first-order chi connectivity index (χ1) is 7.70. The maximum Gasteiger partial charge on any atom is 0.132 e. The first-order valence-electron chi connectivity index (χ1n) is 4.76. The van der Waals surface area contributed by atoms with Crippen LogP contribution in [-0.2, 0) is 6.42 Å². The highest BCUT2D eigenvalue weighted by Gasteiger charge is 2.08. The summed E-state index contributed by atoms with van der Waals surface area (Å²) in [5.74, 6) is 0.889. The van der Waals surface area contributed by atoms with Gasteiger partial charge in [-0.1, -0.05) is 11.6 Å². The molecule has 0 aliphatic carbocycles. The predicted molar refractivity (Wildman–Crippen MR) is 63.4 cm³/mol. The summed E-state index contributed by atoms with van der Waals surface area (Å²) in [6.07, 6.45) is 2.21. The fraction of sp³-hybridized carbons (Fsp3) is 0.182. The van der Waals surface area contributed by atoms with Gasteiger partial charge in [-0.2, -0.15) is 0 Å². The number of nitrogens with zero attached hydrogens (tertiary/aromatic N) is 1. The van der Waals surface area contributed by atoms with Crippen molar-refractivity contribution in [2.24, 2.45) is 0 Å². The van der Waals surface area contributed by atoms with Gasteiger partial charge >= 0.3 is 0 Å². The number of rotatable bonds is 3. The normalized spacial score (nSPS) is 10.7. The number of halogens is 3. The van der Waals surface area contributed by atoms with E-state index in [2.05, 4.69) is 9.97 Å². The van der Waals surface area contributed by atoms with Crippen molar-refractivity contribution in [3.63, 3.8) is 0 Å². The van der Waals surface area contributed by atoms with Gasteiger partial charge in [0.25, 0.3) is 0 Å². The molecule has 5 heteroatoms. The molecule has 0 unspecified atom stereocenters. The molecule has 0 fully saturated rings. The van der Waals surface area contributed by atoms with Gasteiger partial charge in [0, 0.05) is 22.9 Å². The fourth-order valence-electron chi connectivity index (χ4n) is 1.42. The summed E-state index contributed by atoms with van der Waals surface area (Å²) in [4.78, 5) is 7.11. The van der Waals surface area contributed by atoms with Crippen LogP contribution in [0.5, 0.6) is 0 Å². The number of benzene rings is 1. The molecule has 0 aliphatic rings. The van der Waals surface area contributed by atoms with Gasteiger partial charge in [-0.15, -0.1) is 11.6 Å². The fourth-order valence-corrected chi connectivity index (χ4v) is 1.77. The molecule has 2 nitrogen and oxygen atoms in total. The highest BCUT2D eigenvalue weighted by Crippen LogP contribution is 2.24. The Morgan fingerprint density at radius 3 is 2.94 bits per heavy atom. The minimum atomic E-state index is -0.328. The highest BCUT2D eigenvalue weighted by atomic mass is 35.5. The Bertz CT molecular complexity index is 496. The molecule has 2 rings (SSSR count). The van der Waals surface area contributed by atoms with Crippen molar-refractivity contribution in [3.8, 4) is 11.3 Å². The zero-order valence-electron chi connectivity index (χ0n) is 8.30. The molecule has 1 N–H and O–H groups in total. The zero-order valence-corrected chi connectivity index (χ0v) is 9.82. The van der Waals surface area contributed by atoms with Gasteiger partial charge < -0.3 is 4.98 Å². The molecule has 1 aromatic heterocycles. The van der Waals surface area contributed by atoms with E-state index in [4.69, 9.17) is 23.2 Å². The predicted octanol–water partition coefficient (Wildman–Crippen LogP) is 3.65. The average molecular weight is 259 g/mol. The van der Waals surface area contributed by atoms with E-state index in [1.807, 2.05) is 0 Å². The van der Waals surface area contributed by atoms with E-state index in [-0.39, 0.29) is 5.82 Å². The summed E-state index contributed by atoms with van der Waals surface area (Å²) in [7, 11) is 0. The molecule has 1 aromatic carbocycles. The molecule has 0 amide bonds. The van der Waals surface area contributed by atoms with Crippen LogP contribution in [0.2, 0.25) is 5.02 Å². The summed E-state index contributed by atoms with van der Waals surface area (Å²) in [6.45, 7) is 0. The lowest BCUT2D eigenvalue weighted by molar-refractivity contribution is 0.631. The Balaban J connectivity index is 2.38. The van der Waals surface area contributed by atoms with Gasteiger partial charge in [0.2, 0.25) is 0 Å². The number of alkyl halides is 1. The van der Waals surface area contributed by atoms with Gasteiger partial charge in [0.1, 0.15) is 11.6 Å². The van der Waals surface area contributed by atoms with E-state index in [9.17, 15) is 4.39 Å². The van der Waals surface area contributed by atoms with Crippen LogP contribution in [0.1, 0.15) is 5.82 Å². The van der Waals surface area contributed by atoms with E-state index in [0.717, 1.165) is 5.82 Å². The van der Waals surface area contributed by atoms with E-state index in [1.165, 1.54) is 12.1 Å². The van der Waals surface area contributed by atoms with Crippen LogP contribution in [0.4, 0.5) is 4.39 Å². The number of hydrogen-bond donors (Lipinski definition) is 1. The van der Waals surface area contributed by atoms with Crippen LogP contribution >= 0.6 is 23.2 Å². The van der Waals surface area contributed by atoms with Crippen molar-refractivity contribution in [1.82, 2.24) is 9.97 Å². The lowest BCUT2D eigenvalue weighted by Crippen LogP contribution is -1.89. The molecule has 2 aromatic rings. The Kier molecular flexibility index (Phi) is 3.46. The first kappa shape index (κ1) is 11.4. The lowest BCUT2D eigenvalue weighted by Gasteiger charge is -2.00. The second-order valence-corrected chi connectivity index (χ2v) is 4.12. The quantitative estimate of drug-likeness (QED) is 0.837. The molecule has 16 heavy (non-hydrogen) atoms. The third-order valence-electron chi connectivity index (χ3n) is 2.18. The summed E-state index contributed by atoms with van der Waals surface area (Å²) < 4.78 is 13.5. The van der Waals surface area contributed by atoms with Crippen molar-refractivity contribution in [2.45, 2.75) is 6.42 Å². The molecule has 0 atom stereocenters. The monoisotopic (exact) mass is 258 g/mol. The molecule has 84 valence electrons. The third kappa shape index (κ3) is 2.36. The topological polar surface area (TPSA) is 28.7 Å². The zero-order chi connectivity index (χ0) is 11.5. The van der Waals surface area contributed by atoms with Crippen LogP contribution in [-0.4, -0.2) is 15.8 Å². The second-order valence-electron chi connectivity index (χ2n) is 3.31. The van der Waals surface area contributed by atoms with Crippen molar-refractivity contribution >= 4 is 23.2 Å². The Hall–Kier alpha value is -1.06. The van der Waals surface area contributed by atoms with Crippen molar-refractivity contribution in [2.75, 3.05) is 5.88 Å². The summed E-state index contributed by atoms with van der Waals surface area (Å²) in [6, 6.07) is 4.41. The van der Waals surface area contributed by atoms with Crippen LogP contribution in [0.25, 0.3) is 11.3 Å². The molecule has 0 spiro atoms. The van der Waals surface area contributed by atoms with E-state index in [1.54, 1.807) is 12.3 Å². The Morgan fingerprint density at radius 2 is 2.19 bits per heavy atom.